The van der Waals surface area contributed by atoms with Gasteiger partial charge in [0.05, 0.1) is 0 Å². The molecule has 0 bridgehead atoms. The Morgan fingerprint density at radius 3 is 2.00 bits per heavy atom. The summed E-state index contributed by atoms with van der Waals surface area (Å²) in [4.78, 5) is 6.46. The topological polar surface area (TPSA) is 35.8 Å². The SMILES string of the molecule is CCCCCCCCCCCCCCC/C=C/CC1N=CCN1C(C)O. The van der Waals surface area contributed by atoms with Gasteiger partial charge in [-0.1, -0.05) is 96.1 Å². The summed E-state index contributed by atoms with van der Waals surface area (Å²) in [7, 11) is 0. The molecule has 2 unspecified atom stereocenters. The Bertz CT molecular complexity index is 365. The normalized spacial score (nSPS) is 19.0. The molecule has 0 saturated heterocycles. The van der Waals surface area contributed by atoms with Crippen molar-refractivity contribution in [2.45, 2.75) is 123 Å². The van der Waals surface area contributed by atoms with E-state index in [0.717, 1.165) is 13.0 Å². The number of hydrogen-bond acceptors (Lipinski definition) is 3. The Hall–Kier alpha value is -0.670. The summed E-state index contributed by atoms with van der Waals surface area (Å²) in [5.41, 5.74) is 0. The van der Waals surface area contributed by atoms with Crippen molar-refractivity contribution in [2.75, 3.05) is 6.54 Å². The minimum Gasteiger partial charge on any atom is -0.379 e. The van der Waals surface area contributed by atoms with Gasteiger partial charge in [-0.15, -0.1) is 0 Å². The zero-order valence-electron chi connectivity index (χ0n) is 17.5. The Morgan fingerprint density at radius 2 is 1.46 bits per heavy atom. The summed E-state index contributed by atoms with van der Waals surface area (Å²) in [6.45, 7) is 4.88. The molecule has 1 N–H and O–H groups in total. The van der Waals surface area contributed by atoms with Gasteiger partial charge in [-0.25, -0.2) is 0 Å². The highest BCUT2D eigenvalue weighted by Gasteiger charge is 2.22. The third-order valence-corrected chi connectivity index (χ3v) is 5.42. The van der Waals surface area contributed by atoms with Crippen molar-refractivity contribution in [1.29, 1.82) is 0 Å². The van der Waals surface area contributed by atoms with Crippen LogP contribution >= 0.6 is 0 Å². The molecule has 2 atom stereocenters. The first-order valence-corrected chi connectivity index (χ1v) is 11.4. The summed E-state index contributed by atoms with van der Waals surface area (Å²) in [5, 5.41) is 9.68. The maximum absolute atomic E-state index is 9.68. The molecule has 1 aliphatic heterocycles. The van der Waals surface area contributed by atoms with E-state index in [2.05, 4.69) is 24.1 Å². The molecule has 0 saturated carbocycles. The first kappa shape index (κ1) is 23.4. The predicted octanol–water partition coefficient (Wildman–Crippen LogP) is 6.46. The van der Waals surface area contributed by atoms with Gasteiger partial charge in [-0.3, -0.25) is 9.89 Å². The molecule has 0 aromatic carbocycles. The molecule has 0 aliphatic carbocycles. The second-order valence-electron chi connectivity index (χ2n) is 7.88. The van der Waals surface area contributed by atoms with Gasteiger partial charge in [-0.2, -0.15) is 0 Å². The second-order valence-corrected chi connectivity index (χ2v) is 7.88. The number of allylic oxidation sites excluding steroid dienone is 1. The van der Waals surface area contributed by atoms with E-state index in [1.807, 2.05) is 18.0 Å². The number of unbranched alkanes of at least 4 members (excludes halogenated alkanes) is 13. The molecular formula is C23H44N2O. The van der Waals surface area contributed by atoms with E-state index in [-0.39, 0.29) is 6.17 Å². The standard InChI is InChI=1S/C23H44N2O/c1-3-4-5-6-7-8-9-10-11-12-13-14-15-16-17-18-19-23-24-20-21-25(23)22(2)26/h17-18,20,22-23,26H,3-16,19,21H2,1-2H3/b18-17+. The quantitative estimate of drug-likeness (QED) is 0.237. The predicted molar refractivity (Wildman–Crippen MR) is 115 cm³/mol. The molecule has 0 spiro atoms. The molecule has 0 amide bonds. The van der Waals surface area contributed by atoms with Crippen LogP contribution in [0.1, 0.15) is 110 Å². The third-order valence-electron chi connectivity index (χ3n) is 5.42. The lowest BCUT2D eigenvalue weighted by Crippen LogP contribution is -2.37. The number of aliphatic hydroxyl groups is 1. The summed E-state index contributed by atoms with van der Waals surface area (Å²) in [6, 6.07) is 0. The lowest BCUT2D eigenvalue weighted by atomic mass is 10.0. The third kappa shape index (κ3) is 11.9. The average Bonchev–Trinajstić information content (AvgIpc) is 3.10. The van der Waals surface area contributed by atoms with Crippen LogP contribution in [0.2, 0.25) is 0 Å². The van der Waals surface area contributed by atoms with E-state index in [4.69, 9.17) is 0 Å². The van der Waals surface area contributed by atoms with Crippen LogP contribution in [0, 0.1) is 0 Å². The molecule has 3 nitrogen and oxygen atoms in total. The van der Waals surface area contributed by atoms with Crippen LogP contribution < -0.4 is 0 Å². The van der Waals surface area contributed by atoms with Gasteiger partial charge in [-0.05, 0) is 19.8 Å². The number of aliphatic imine (C=N–C) groups is 1. The highest BCUT2D eigenvalue weighted by molar-refractivity contribution is 5.62. The van der Waals surface area contributed by atoms with Crippen LogP contribution in [-0.2, 0) is 0 Å². The molecule has 1 rings (SSSR count). The highest BCUT2D eigenvalue weighted by Crippen LogP contribution is 2.15. The number of nitrogens with zero attached hydrogens (tertiary/aromatic N) is 2. The first-order chi connectivity index (χ1) is 12.8. The fourth-order valence-corrected chi connectivity index (χ4v) is 3.68. The average molecular weight is 365 g/mol. The van der Waals surface area contributed by atoms with Gasteiger partial charge < -0.3 is 5.11 Å². The van der Waals surface area contributed by atoms with Crippen molar-refractivity contribution < 1.29 is 5.11 Å². The summed E-state index contributed by atoms with van der Waals surface area (Å²) in [6.07, 6.45) is 26.7. The van der Waals surface area contributed by atoms with Crippen LogP contribution in [0.15, 0.2) is 17.1 Å². The molecule has 0 fully saturated rings. The van der Waals surface area contributed by atoms with Crippen molar-refractivity contribution in [3.05, 3.63) is 12.2 Å². The van der Waals surface area contributed by atoms with Crippen molar-refractivity contribution in [3.8, 4) is 0 Å². The number of hydrogen-bond donors (Lipinski definition) is 1. The molecule has 26 heavy (non-hydrogen) atoms. The molecule has 1 aliphatic rings. The van der Waals surface area contributed by atoms with Gasteiger partial charge in [0.25, 0.3) is 0 Å². The van der Waals surface area contributed by atoms with Crippen LogP contribution in [0.25, 0.3) is 0 Å². The minimum atomic E-state index is -0.406. The van der Waals surface area contributed by atoms with E-state index in [0.29, 0.717) is 0 Å². The van der Waals surface area contributed by atoms with Crippen molar-refractivity contribution >= 4 is 6.21 Å². The van der Waals surface area contributed by atoms with Crippen LogP contribution in [-0.4, -0.2) is 35.2 Å². The van der Waals surface area contributed by atoms with Gasteiger partial charge in [0.2, 0.25) is 0 Å². The first-order valence-electron chi connectivity index (χ1n) is 11.4. The van der Waals surface area contributed by atoms with Gasteiger partial charge >= 0.3 is 0 Å². The minimum absolute atomic E-state index is 0.137. The van der Waals surface area contributed by atoms with E-state index in [1.54, 1.807) is 0 Å². The van der Waals surface area contributed by atoms with Gasteiger partial charge in [0.15, 0.2) is 0 Å². The Balaban J connectivity index is 1.81. The fraction of sp³-hybridized carbons (Fsp3) is 0.870. The van der Waals surface area contributed by atoms with E-state index < -0.39 is 6.23 Å². The van der Waals surface area contributed by atoms with Crippen molar-refractivity contribution in [2.24, 2.45) is 4.99 Å². The largest absolute Gasteiger partial charge is 0.379 e. The molecule has 0 radical (unpaired) electrons. The van der Waals surface area contributed by atoms with Crippen LogP contribution in [0.5, 0.6) is 0 Å². The Labute approximate surface area is 163 Å². The summed E-state index contributed by atoms with van der Waals surface area (Å²) < 4.78 is 0. The number of aliphatic hydroxyl groups excluding tert-OH is 1. The second kappa shape index (κ2) is 16.5. The summed E-state index contributed by atoms with van der Waals surface area (Å²) in [5.74, 6) is 0. The Morgan fingerprint density at radius 1 is 0.923 bits per heavy atom. The lowest BCUT2D eigenvalue weighted by Gasteiger charge is -2.24. The maximum atomic E-state index is 9.68. The van der Waals surface area contributed by atoms with E-state index >= 15 is 0 Å². The van der Waals surface area contributed by atoms with Crippen molar-refractivity contribution in [3.63, 3.8) is 0 Å². The molecule has 0 aromatic heterocycles. The smallest absolute Gasteiger partial charge is 0.107 e. The molecular weight excluding hydrogens is 320 g/mol. The van der Waals surface area contributed by atoms with E-state index in [9.17, 15) is 5.11 Å². The molecule has 0 aromatic rings. The van der Waals surface area contributed by atoms with Crippen molar-refractivity contribution in [1.82, 2.24) is 4.90 Å². The zero-order valence-corrected chi connectivity index (χ0v) is 17.5. The zero-order chi connectivity index (χ0) is 18.9. The van der Waals surface area contributed by atoms with Gasteiger partial charge in [0.1, 0.15) is 12.4 Å². The van der Waals surface area contributed by atoms with Gasteiger partial charge in [0, 0.05) is 19.2 Å². The summed E-state index contributed by atoms with van der Waals surface area (Å²) >= 11 is 0. The van der Waals surface area contributed by atoms with Crippen LogP contribution in [0.3, 0.4) is 0 Å². The molecule has 1 heterocycles. The lowest BCUT2D eigenvalue weighted by molar-refractivity contribution is 0.0106. The van der Waals surface area contributed by atoms with E-state index in [1.165, 1.54) is 89.9 Å². The van der Waals surface area contributed by atoms with Crippen LogP contribution in [0.4, 0.5) is 0 Å². The highest BCUT2D eigenvalue weighted by atomic mass is 16.3. The fourth-order valence-electron chi connectivity index (χ4n) is 3.68. The number of rotatable bonds is 17. The monoisotopic (exact) mass is 364 g/mol. The molecule has 152 valence electrons. The Kier molecular flexibility index (Phi) is 14.8. The molecule has 3 heteroatoms. The maximum Gasteiger partial charge on any atom is 0.107 e.